The lowest BCUT2D eigenvalue weighted by Gasteiger charge is -2.27. The lowest BCUT2D eigenvalue weighted by Crippen LogP contribution is -2.29. The third kappa shape index (κ3) is 4.19. The number of nitrogens with one attached hydrogen (secondary N) is 1. The second-order valence-electron chi connectivity index (χ2n) is 8.12. The van der Waals surface area contributed by atoms with Crippen LogP contribution < -0.4 is 5.32 Å². The van der Waals surface area contributed by atoms with Crippen LogP contribution in [0.15, 0.2) is 30.5 Å². The molecule has 8 heteroatoms. The number of aromatic nitrogens is 3. The van der Waals surface area contributed by atoms with E-state index in [1.54, 1.807) is 29.7 Å². The Morgan fingerprint density at radius 1 is 1.13 bits per heavy atom. The van der Waals surface area contributed by atoms with Gasteiger partial charge in [0.1, 0.15) is 5.82 Å². The van der Waals surface area contributed by atoms with Crippen LogP contribution in [0.2, 0.25) is 5.02 Å². The Hall–Kier alpha value is -2.09. The second-order valence-corrected chi connectivity index (χ2v) is 9.58. The number of hydrogen-bond donors (Lipinski definition) is 1. The molecule has 1 aliphatic heterocycles. The fraction of sp³-hybridized carbons (Fsp3) is 0.409. The van der Waals surface area contributed by atoms with Gasteiger partial charge in [0.05, 0.1) is 21.3 Å². The van der Waals surface area contributed by atoms with Gasteiger partial charge < -0.3 is 10.2 Å². The molecule has 0 radical (unpaired) electrons. The Bertz CT molecular complexity index is 1060. The molecule has 3 heterocycles. The van der Waals surface area contributed by atoms with Gasteiger partial charge in [0.15, 0.2) is 0 Å². The summed E-state index contributed by atoms with van der Waals surface area (Å²) in [4.78, 5) is 17.2. The number of hydrogen-bond acceptors (Lipinski definition) is 6. The monoisotopic (exact) mass is 443 g/mol. The topological polar surface area (TPSA) is 53.9 Å². The highest BCUT2D eigenvalue weighted by molar-refractivity contribution is 7.15. The first kappa shape index (κ1) is 19.8. The van der Waals surface area contributed by atoms with E-state index in [0.717, 1.165) is 54.4 Å². The molecule has 5 nitrogen and oxygen atoms in total. The molecule has 30 heavy (non-hydrogen) atoms. The standard InChI is InChI=1S/C22H23ClFN5S/c1-29-10-7-13(8-11-29)21-28-19(16-5-2-14(23)12-17(16)24)20(30-21)18-6-9-25-22(27-18)26-15-3-4-15/h2,5-6,9,12-13,15H,3-4,7-8,10-11H2,1H3,(H,25,26,27). The van der Waals surface area contributed by atoms with E-state index in [2.05, 4.69) is 22.2 Å². The molecule has 0 spiro atoms. The fourth-order valence-corrected chi connectivity index (χ4v) is 5.15. The summed E-state index contributed by atoms with van der Waals surface area (Å²) in [6.07, 6.45) is 6.17. The van der Waals surface area contributed by atoms with Crippen LogP contribution in [-0.2, 0) is 0 Å². The van der Waals surface area contributed by atoms with Crippen molar-refractivity contribution in [2.45, 2.75) is 37.6 Å². The largest absolute Gasteiger partial charge is 0.351 e. The van der Waals surface area contributed by atoms with E-state index in [0.29, 0.717) is 34.2 Å². The number of benzene rings is 1. The maximum atomic E-state index is 14.8. The van der Waals surface area contributed by atoms with Crippen LogP contribution in [0.1, 0.15) is 36.6 Å². The Balaban J connectivity index is 1.57. The molecule has 0 bridgehead atoms. The summed E-state index contributed by atoms with van der Waals surface area (Å²) in [7, 11) is 2.15. The van der Waals surface area contributed by atoms with Gasteiger partial charge in [-0.05, 0) is 70.1 Å². The summed E-state index contributed by atoms with van der Waals surface area (Å²) in [6.45, 7) is 2.10. The van der Waals surface area contributed by atoms with Crippen molar-refractivity contribution in [1.29, 1.82) is 0 Å². The van der Waals surface area contributed by atoms with E-state index in [4.69, 9.17) is 21.6 Å². The zero-order valence-corrected chi connectivity index (χ0v) is 18.3. The average molecular weight is 444 g/mol. The minimum Gasteiger partial charge on any atom is -0.351 e. The highest BCUT2D eigenvalue weighted by atomic mass is 35.5. The smallest absolute Gasteiger partial charge is 0.223 e. The zero-order valence-electron chi connectivity index (χ0n) is 16.7. The van der Waals surface area contributed by atoms with Gasteiger partial charge in [0, 0.05) is 28.7 Å². The first-order valence-electron chi connectivity index (χ1n) is 10.3. The van der Waals surface area contributed by atoms with Crippen LogP contribution in [0.5, 0.6) is 0 Å². The summed E-state index contributed by atoms with van der Waals surface area (Å²) >= 11 is 7.61. The number of anilines is 1. The third-order valence-electron chi connectivity index (χ3n) is 5.70. The third-order valence-corrected chi connectivity index (χ3v) is 7.17. The predicted molar refractivity (Wildman–Crippen MR) is 120 cm³/mol. The molecule has 1 aromatic carbocycles. The minimum absolute atomic E-state index is 0.366. The molecule has 3 aromatic rings. The molecular formula is C22H23ClFN5S. The lowest BCUT2D eigenvalue weighted by molar-refractivity contribution is 0.255. The summed E-state index contributed by atoms with van der Waals surface area (Å²) in [5, 5.41) is 4.77. The van der Waals surface area contributed by atoms with Gasteiger partial charge in [-0.15, -0.1) is 11.3 Å². The van der Waals surface area contributed by atoms with Crippen LogP contribution >= 0.6 is 22.9 Å². The minimum atomic E-state index is -0.366. The van der Waals surface area contributed by atoms with Crippen LogP contribution in [0.3, 0.4) is 0 Å². The predicted octanol–water partition coefficient (Wildman–Crippen LogP) is 5.44. The summed E-state index contributed by atoms with van der Waals surface area (Å²) in [5.74, 6) is 0.640. The highest BCUT2D eigenvalue weighted by Crippen LogP contribution is 2.42. The van der Waals surface area contributed by atoms with Gasteiger partial charge in [-0.25, -0.2) is 19.3 Å². The zero-order chi connectivity index (χ0) is 20.7. The number of rotatable bonds is 5. The Morgan fingerprint density at radius 3 is 2.67 bits per heavy atom. The molecule has 2 aliphatic rings. The van der Waals surface area contributed by atoms with E-state index < -0.39 is 0 Å². The number of halogens is 2. The van der Waals surface area contributed by atoms with E-state index in [1.807, 2.05) is 6.07 Å². The van der Waals surface area contributed by atoms with Crippen LogP contribution in [0.25, 0.3) is 21.8 Å². The van der Waals surface area contributed by atoms with Crippen molar-refractivity contribution in [2.24, 2.45) is 0 Å². The average Bonchev–Trinajstić information content (AvgIpc) is 3.44. The summed E-state index contributed by atoms with van der Waals surface area (Å²) in [5.41, 5.74) is 1.87. The van der Waals surface area contributed by atoms with Crippen LogP contribution in [0, 0.1) is 5.82 Å². The Kier molecular flexibility index (Phi) is 5.43. The molecule has 5 rings (SSSR count). The first-order chi connectivity index (χ1) is 14.6. The normalized spacial score (nSPS) is 18.0. The Morgan fingerprint density at radius 2 is 1.93 bits per heavy atom. The molecule has 1 N–H and O–H groups in total. The summed E-state index contributed by atoms with van der Waals surface area (Å²) in [6, 6.07) is 7.10. The molecule has 0 unspecified atom stereocenters. The van der Waals surface area contributed by atoms with E-state index in [1.165, 1.54) is 6.07 Å². The van der Waals surface area contributed by atoms with Crippen molar-refractivity contribution in [2.75, 3.05) is 25.5 Å². The molecule has 1 saturated heterocycles. The molecule has 0 atom stereocenters. The molecule has 156 valence electrons. The van der Waals surface area contributed by atoms with E-state index in [-0.39, 0.29) is 5.82 Å². The lowest BCUT2D eigenvalue weighted by atomic mass is 9.98. The Labute approximate surface area is 184 Å². The molecule has 0 amide bonds. The number of nitrogens with zero attached hydrogens (tertiary/aromatic N) is 4. The van der Waals surface area contributed by atoms with Gasteiger partial charge in [-0.2, -0.15) is 0 Å². The van der Waals surface area contributed by atoms with Crippen molar-refractivity contribution in [1.82, 2.24) is 19.9 Å². The molecule has 1 saturated carbocycles. The number of thiazole rings is 1. The van der Waals surface area contributed by atoms with Crippen molar-refractivity contribution in [3.8, 4) is 21.8 Å². The van der Waals surface area contributed by atoms with Gasteiger partial charge in [0.2, 0.25) is 5.95 Å². The van der Waals surface area contributed by atoms with Crippen molar-refractivity contribution < 1.29 is 4.39 Å². The molecular weight excluding hydrogens is 421 g/mol. The van der Waals surface area contributed by atoms with E-state index >= 15 is 0 Å². The number of piperidine rings is 1. The second kappa shape index (κ2) is 8.21. The molecule has 1 aliphatic carbocycles. The molecule has 2 aromatic heterocycles. The SMILES string of the molecule is CN1CCC(c2nc(-c3ccc(Cl)cc3F)c(-c3ccnc(NC4CC4)n3)s2)CC1. The van der Waals surface area contributed by atoms with Crippen molar-refractivity contribution in [3.05, 3.63) is 46.3 Å². The van der Waals surface area contributed by atoms with Gasteiger partial charge in [-0.3, -0.25) is 0 Å². The van der Waals surface area contributed by atoms with Gasteiger partial charge in [-0.1, -0.05) is 11.6 Å². The van der Waals surface area contributed by atoms with E-state index in [9.17, 15) is 4.39 Å². The van der Waals surface area contributed by atoms with Crippen LogP contribution in [0.4, 0.5) is 10.3 Å². The highest BCUT2D eigenvalue weighted by Gasteiger charge is 2.27. The van der Waals surface area contributed by atoms with Crippen LogP contribution in [-0.4, -0.2) is 46.0 Å². The molecule has 2 fully saturated rings. The maximum Gasteiger partial charge on any atom is 0.223 e. The first-order valence-corrected chi connectivity index (χ1v) is 11.5. The van der Waals surface area contributed by atoms with Crippen molar-refractivity contribution in [3.63, 3.8) is 0 Å². The number of likely N-dealkylation sites (tertiary alicyclic amines) is 1. The van der Waals surface area contributed by atoms with Crippen molar-refractivity contribution >= 4 is 28.9 Å². The van der Waals surface area contributed by atoms with Gasteiger partial charge >= 0.3 is 0 Å². The fourth-order valence-electron chi connectivity index (χ4n) is 3.77. The van der Waals surface area contributed by atoms with Gasteiger partial charge in [0.25, 0.3) is 0 Å². The summed E-state index contributed by atoms with van der Waals surface area (Å²) < 4.78 is 14.8. The maximum absolute atomic E-state index is 14.8. The quantitative estimate of drug-likeness (QED) is 0.568.